The maximum atomic E-state index is 12.7. The summed E-state index contributed by atoms with van der Waals surface area (Å²) < 4.78 is 5.68. The molecule has 180 valence electrons. The summed E-state index contributed by atoms with van der Waals surface area (Å²) in [7, 11) is 0. The molecule has 2 N–H and O–H groups in total. The lowest BCUT2D eigenvalue weighted by Crippen LogP contribution is -2.39. The normalized spacial score (nSPS) is 27.9. The summed E-state index contributed by atoms with van der Waals surface area (Å²) >= 11 is 0. The zero-order valence-electron chi connectivity index (χ0n) is 19.7. The Balaban J connectivity index is 2.01. The lowest BCUT2D eigenvalue weighted by atomic mass is 9.88. The fraction of sp³-hybridized carbons (Fsp3) is 0.538. The van der Waals surface area contributed by atoms with E-state index in [1.165, 1.54) is 6.08 Å². The maximum absolute atomic E-state index is 12.7. The Morgan fingerprint density at radius 2 is 1.85 bits per heavy atom. The van der Waals surface area contributed by atoms with Crippen molar-refractivity contribution < 1.29 is 29.0 Å². The van der Waals surface area contributed by atoms with Crippen LogP contribution in [0.25, 0.3) is 0 Å². The Kier molecular flexibility index (Phi) is 10.5. The Labute approximate surface area is 195 Å². The molecule has 4 atom stereocenters. The number of hydrogen-bond acceptors (Lipinski definition) is 6. The summed E-state index contributed by atoms with van der Waals surface area (Å²) in [5, 5.41) is 12.6. The number of esters is 1. The minimum absolute atomic E-state index is 0.0648. The second-order valence-corrected chi connectivity index (χ2v) is 9.01. The van der Waals surface area contributed by atoms with Gasteiger partial charge in [-0.15, -0.1) is 0 Å². The minimum atomic E-state index is -0.921. The van der Waals surface area contributed by atoms with Gasteiger partial charge in [-0.3, -0.25) is 19.7 Å². The van der Waals surface area contributed by atoms with Gasteiger partial charge in [0, 0.05) is 37.2 Å². The van der Waals surface area contributed by atoms with Crippen LogP contribution in [-0.2, 0) is 23.9 Å². The van der Waals surface area contributed by atoms with Crippen molar-refractivity contribution >= 4 is 23.6 Å². The molecular formula is C26H35NO6. The van der Waals surface area contributed by atoms with Crippen molar-refractivity contribution in [3.8, 4) is 0 Å². The van der Waals surface area contributed by atoms with E-state index in [1.54, 1.807) is 19.1 Å². The molecule has 0 radical (unpaired) electrons. The lowest BCUT2D eigenvalue weighted by molar-refractivity contribution is -0.142. The highest BCUT2D eigenvalue weighted by atomic mass is 16.5. The number of rotatable bonds is 7. The van der Waals surface area contributed by atoms with Gasteiger partial charge in [0.1, 0.15) is 11.9 Å². The second-order valence-electron chi connectivity index (χ2n) is 9.01. The molecule has 0 spiro atoms. The van der Waals surface area contributed by atoms with E-state index in [4.69, 9.17) is 4.74 Å². The predicted molar refractivity (Wildman–Crippen MR) is 125 cm³/mol. The number of ketones is 1. The van der Waals surface area contributed by atoms with Crippen LogP contribution < -0.4 is 5.32 Å². The van der Waals surface area contributed by atoms with E-state index in [-0.39, 0.29) is 55.1 Å². The number of carbonyl (C=O) groups excluding carboxylic acids is 4. The zero-order valence-corrected chi connectivity index (χ0v) is 19.7. The number of aliphatic hydroxyl groups is 1. The summed E-state index contributed by atoms with van der Waals surface area (Å²) in [6, 6.07) is 0. The van der Waals surface area contributed by atoms with Gasteiger partial charge < -0.3 is 9.84 Å². The molecule has 4 unspecified atom stereocenters. The molecule has 0 aliphatic carbocycles. The van der Waals surface area contributed by atoms with E-state index in [1.807, 2.05) is 38.2 Å². The van der Waals surface area contributed by atoms with Gasteiger partial charge in [0.2, 0.25) is 11.8 Å². The van der Waals surface area contributed by atoms with Gasteiger partial charge in [0.15, 0.2) is 0 Å². The molecule has 0 bridgehead atoms. The third kappa shape index (κ3) is 9.30. The molecular weight excluding hydrogens is 422 g/mol. The highest BCUT2D eigenvalue weighted by Crippen LogP contribution is 2.24. The van der Waals surface area contributed by atoms with Crippen LogP contribution in [0, 0.1) is 17.8 Å². The summed E-state index contributed by atoms with van der Waals surface area (Å²) in [6.45, 7) is 5.53. The number of carbonyl (C=O) groups is 4. The van der Waals surface area contributed by atoms with Gasteiger partial charge in [-0.2, -0.15) is 0 Å². The topological polar surface area (TPSA) is 110 Å². The Bertz CT molecular complexity index is 837. The first-order chi connectivity index (χ1) is 15.7. The first kappa shape index (κ1) is 26.5. The largest absolute Gasteiger partial charge is 0.454 e. The van der Waals surface area contributed by atoms with Crippen LogP contribution in [0.5, 0.6) is 0 Å². The molecule has 2 aliphatic heterocycles. The first-order valence-corrected chi connectivity index (χ1v) is 11.6. The molecule has 0 aromatic carbocycles. The number of hydrogen-bond donors (Lipinski definition) is 2. The summed E-state index contributed by atoms with van der Waals surface area (Å²) in [5.41, 5.74) is 0.764. The average molecular weight is 458 g/mol. The van der Waals surface area contributed by atoms with Crippen LogP contribution in [0.4, 0.5) is 0 Å². The van der Waals surface area contributed by atoms with Crippen molar-refractivity contribution in [2.45, 2.75) is 71.5 Å². The van der Waals surface area contributed by atoms with E-state index in [9.17, 15) is 24.3 Å². The van der Waals surface area contributed by atoms with E-state index >= 15 is 0 Å². The fourth-order valence-corrected chi connectivity index (χ4v) is 4.16. The molecule has 0 saturated carbocycles. The molecule has 33 heavy (non-hydrogen) atoms. The van der Waals surface area contributed by atoms with Gasteiger partial charge in [-0.25, -0.2) is 4.79 Å². The molecule has 2 heterocycles. The maximum Gasteiger partial charge on any atom is 0.331 e. The van der Waals surface area contributed by atoms with Crippen LogP contribution in [0.2, 0.25) is 0 Å². The Morgan fingerprint density at radius 3 is 2.55 bits per heavy atom. The minimum Gasteiger partial charge on any atom is -0.454 e. The Morgan fingerprint density at radius 1 is 1.18 bits per heavy atom. The summed E-state index contributed by atoms with van der Waals surface area (Å²) in [6.07, 6.45) is 13.6. The third-order valence-corrected chi connectivity index (χ3v) is 5.88. The zero-order chi connectivity index (χ0) is 24.4. The van der Waals surface area contributed by atoms with E-state index in [0.717, 1.165) is 18.4 Å². The van der Waals surface area contributed by atoms with Crippen molar-refractivity contribution in [2.75, 3.05) is 0 Å². The molecule has 0 aromatic rings. The summed E-state index contributed by atoms with van der Waals surface area (Å²) in [4.78, 5) is 47.9. The monoisotopic (exact) mass is 457 g/mol. The van der Waals surface area contributed by atoms with Gasteiger partial charge in [-0.1, -0.05) is 50.3 Å². The first-order valence-electron chi connectivity index (χ1n) is 11.6. The van der Waals surface area contributed by atoms with Crippen LogP contribution >= 0.6 is 0 Å². The number of imide groups is 1. The van der Waals surface area contributed by atoms with Crippen molar-refractivity contribution in [3.05, 3.63) is 48.1 Å². The smallest absolute Gasteiger partial charge is 0.331 e. The van der Waals surface area contributed by atoms with Gasteiger partial charge in [-0.05, 0) is 37.7 Å². The molecule has 2 amide bonds. The molecule has 1 fully saturated rings. The number of piperidine rings is 1. The van der Waals surface area contributed by atoms with Crippen LogP contribution in [0.15, 0.2) is 48.1 Å². The fourth-order valence-electron chi connectivity index (χ4n) is 4.16. The van der Waals surface area contributed by atoms with Crippen LogP contribution in [0.1, 0.15) is 59.3 Å². The SMILES string of the molecule is C/C(=C\C(C)C(=O)CC(O)CC1CC(=O)NC(=O)C1)C1OC(=O)/C=C/CC/C=C/C=C\C1C. The highest BCUT2D eigenvalue weighted by Gasteiger charge is 2.28. The number of Topliss-reactive ketones (excluding diaryl/α,β-unsaturated/α-hetero) is 1. The van der Waals surface area contributed by atoms with Gasteiger partial charge >= 0.3 is 5.97 Å². The molecule has 7 heteroatoms. The van der Waals surface area contributed by atoms with Gasteiger partial charge in [0.05, 0.1) is 6.10 Å². The van der Waals surface area contributed by atoms with E-state index in [2.05, 4.69) is 5.32 Å². The predicted octanol–water partition coefficient (Wildman–Crippen LogP) is 3.34. The number of aliphatic hydroxyl groups excluding tert-OH is 1. The number of ether oxygens (including phenoxy) is 1. The number of nitrogens with one attached hydrogen (secondary N) is 1. The van der Waals surface area contributed by atoms with E-state index < -0.39 is 24.1 Å². The van der Waals surface area contributed by atoms with Crippen molar-refractivity contribution in [2.24, 2.45) is 17.8 Å². The number of amides is 2. The quantitative estimate of drug-likeness (QED) is 0.345. The molecule has 2 aliphatic rings. The Hall–Kier alpha value is -2.80. The number of cyclic esters (lactones) is 1. The number of allylic oxidation sites excluding steroid dienone is 5. The second kappa shape index (κ2) is 13.0. The van der Waals surface area contributed by atoms with Crippen molar-refractivity contribution in [3.63, 3.8) is 0 Å². The average Bonchev–Trinajstić information content (AvgIpc) is 2.71. The van der Waals surface area contributed by atoms with Crippen molar-refractivity contribution in [1.82, 2.24) is 5.32 Å². The molecule has 1 saturated heterocycles. The van der Waals surface area contributed by atoms with Crippen molar-refractivity contribution in [1.29, 1.82) is 0 Å². The lowest BCUT2D eigenvalue weighted by Gasteiger charge is -2.24. The molecule has 7 nitrogen and oxygen atoms in total. The standard InChI is InChI=1S/C26H35NO6/c1-17-10-8-6-4-5-7-9-11-25(32)33-26(17)19(3)12-18(2)22(29)16-21(28)13-20-14-23(30)27-24(31)15-20/h4,6,8-12,17-18,20-21,26,28H,5,7,13-16H2,1-3H3,(H,27,30,31)/b6-4+,10-8-,11-9+,19-12+. The summed E-state index contributed by atoms with van der Waals surface area (Å²) in [5.74, 6) is -2.10. The third-order valence-electron chi connectivity index (χ3n) is 5.88. The molecule has 0 aromatic heterocycles. The van der Waals surface area contributed by atoms with Crippen LogP contribution in [-0.4, -0.2) is 40.9 Å². The van der Waals surface area contributed by atoms with E-state index in [0.29, 0.717) is 0 Å². The highest BCUT2D eigenvalue weighted by molar-refractivity contribution is 5.97. The van der Waals surface area contributed by atoms with Crippen LogP contribution in [0.3, 0.4) is 0 Å². The molecule has 2 rings (SSSR count). The van der Waals surface area contributed by atoms with Gasteiger partial charge in [0.25, 0.3) is 0 Å².